The van der Waals surface area contributed by atoms with E-state index >= 15 is 0 Å². The van der Waals surface area contributed by atoms with Crippen LogP contribution in [0.4, 0.5) is 11.6 Å². The van der Waals surface area contributed by atoms with Crippen molar-refractivity contribution in [2.75, 3.05) is 11.5 Å². The van der Waals surface area contributed by atoms with Gasteiger partial charge in [-0.05, 0) is 68.4 Å². The van der Waals surface area contributed by atoms with E-state index in [1.54, 1.807) is 30.6 Å². The van der Waals surface area contributed by atoms with E-state index in [1.165, 1.54) is 38.3 Å². The van der Waals surface area contributed by atoms with Gasteiger partial charge in [0.25, 0.3) is 0 Å². The fraction of sp³-hybridized carbons (Fsp3) is 0.333. The Kier molecular flexibility index (Phi) is 9.08. The van der Waals surface area contributed by atoms with E-state index in [-0.39, 0.29) is 7.43 Å². The maximum atomic E-state index is 10.8. The van der Waals surface area contributed by atoms with Crippen molar-refractivity contribution in [1.82, 2.24) is 39.0 Å². The van der Waals surface area contributed by atoms with Crippen molar-refractivity contribution >= 4 is 56.9 Å². The monoisotopic (exact) mass is 658 g/mol. The fourth-order valence-electron chi connectivity index (χ4n) is 6.02. The molecule has 11 nitrogen and oxygen atoms in total. The molecule has 0 aliphatic heterocycles. The Morgan fingerprint density at radius 1 is 0.761 bits per heavy atom. The van der Waals surface area contributed by atoms with Crippen molar-refractivity contribution in [1.29, 1.82) is 0 Å². The molecule has 5 N–H and O–H groups in total. The number of anilines is 2. The van der Waals surface area contributed by atoms with Gasteiger partial charge in [-0.25, -0.2) is 19.9 Å². The summed E-state index contributed by atoms with van der Waals surface area (Å²) in [7, 11) is 0. The molecule has 0 bridgehead atoms. The Hall–Kier alpha value is -4.32. The van der Waals surface area contributed by atoms with Crippen molar-refractivity contribution in [2.24, 2.45) is 0 Å². The van der Waals surface area contributed by atoms with Gasteiger partial charge in [-0.15, -0.1) is 0 Å². The smallest absolute Gasteiger partial charge is 0.146 e. The van der Waals surface area contributed by atoms with Gasteiger partial charge >= 0.3 is 0 Å². The number of aliphatic hydroxyl groups excluding tert-OH is 1. The minimum atomic E-state index is -0.925. The molecule has 0 radical (unpaired) electrons. The number of halogens is 2. The Bertz CT molecular complexity index is 2000. The quantitative estimate of drug-likeness (QED) is 0.173. The van der Waals surface area contributed by atoms with Gasteiger partial charge in [-0.1, -0.05) is 30.6 Å². The summed E-state index contributed by atoms with van der Waals surface area (Å²) >= 11 is 12.1. The molecular formula is C33H36Cl2N10O. The summed E-state index contributed by atoms with van der Waals surface area (Å²) < 4.78 is 4.34. The third-order valence-electron chi connectivity index (χ3n) is 8.79. The second-order valence-electron chi connectivity index (χ2n) is 11.6. The molecule has 2 aliphatic carbocycles. The summed E-state index contributed by atoms with van der Waals surface area (Å²) in [6.45, 7) is 0. The molecule has 8 rings (SSSR count). The second-order valence-corrected chi connectivity index (χ2v) is 12.5. The highest BCUT2D eigenvalue weighted by Gasteiger charge is 2.27. The number of hydrogen-bond donors (Lipinski definition) is 3. The van der Waals surface area contributed by atoms with Crippen LogP contribution in [0.25, 0.3) is 22.1 Å². The van der Waals surface area contributed by atoms with Crippen LogP contribution in [0, 0.1) is 0 Å². The predicted octanol–water partition coefficient (Wildman–Crippen LogP) is 6.88. The number of nitrogen functional groups attached to an aromatic ring is 2. The molecule has 46 heavy (non-hydrogen) atoms. The minimum absolute atomic E-state index is 0. The number of hydrogen-bond acceptors (Lipinski definition) is 9. The molecule has 1 atom stereocenters. The van der Waals surface area contributed by atoms with Gasteiger partial charge in [-0.2, -0.15) is 0 Å². The molecule has 0 saturated heterocycles. The Morgan fingerprint density at radius 3 is 1.91 bits per heavy atom. The molecule has 0 aromatic carbocycles. The Balaban J connectivity index is 0.000000158. The van der Waals surface area contributed by atoms with Crippen LogP contribution in [0.15, 0.2) is 61.7 Å². The van der Waals surface area contributed by atoms with Crippen molar-refractivity contribution in [3.05, 3.63) is 94.3 Å². The molecule has 13 heteroatoms. The molecule has 6 aromatic rings. The number of aliphatic hydroxyl groups is 1. The first-order valence-electron chi connectivity index (χ1n) is 15.0. The largest absolute Gasteiger partial charge is 0.383 e. The van der Waals surface area contributed by atoms with Crippen LogP contribution in [0.3, 0.4) is 0 Å². The number of rotatable bonds is 6. The molecule has 0 spiro atoms. The first-order valence-corrected chi connectivity index (χ1v) is 15.7. The molecule has 2 saturated carbocycles. The molecule has 1 unspecified atom stereocenters. The third kappa shape index (κ3) is 5.97. The third-order valence-corrected chi connectivity index (χ3v) is 9.26. The standard InChI is InChI=1S/C16H16ClN5O.C16H16ClN5.CH4/c17-9-4-5-19-12(6-9)14(23)11-7-22(10-2-1-3-10)16-13(11)15(18)20-8-21-16;17-11-4-5-19-12(7-11)6-10-8-22(13-2-1-3-13)16-14(10)15(18)20-9-21-16;/h4-8,10,14,23H,1-3H2,(H2,18,20,21);4-5,7-9,13H,1-3,6H2,(H2,18,20,21);1H4. The van der Waals surface area contributed by atoms with E-state index in [0.717, 1.165) is 40.8 Å². The average Bonchev–Trinajstić information content (AvgIpc) is 3.52. The van der Waals surface area contributed by atoms with Crippen LogP contribution in [0.2, 0.25) is 10.0 Å². The first kappa shape index (κ1) is 31.7. The van der Waals surface area contributed by atoms with Gasteiger partial charge in [-0.3, -0.25) is 9.97 Å². The lowest BCUT2D eigenvalue weighted by atomic mass is 9.93. The zero-order valence-electron chi connectivity index (χ0n) is 24.4. The lowest BCUT2D eigenvalue weighted by Crippen LogP contribution is -2.16. The summed E-state index contributed by atoms with van der Waals surface area (Å²) in [6, 6.07) is 7.91. The van der Waals surface area contributed by atoms with Crippen LogP contribution in [0.1, 0.15) is 86.7 Å². The lowest BCUT2D eigenvalue weighted by molar-refractivity contribution is 0.216. The summed E-state index contributed by atoms with van der Waals surface area (Å²) in [5.41, 5.74) is 17.0. The van der Waals surface area contributed by atoms with Crippen LogP contribution in [-0.2, 0) is 6.42 Å². The maximum Gasteiger partial charge on any atom is 0.146 e. The SMILES string of the molecule is C.Nc1ncnc2c1c(C(O)c1cc(Cl)ccn1)cn2C1CCC1.Nc1ncnc2c1c(Cc1cc(Cl)ccn1)cn2C1CCC1. The van der Waals surface area contributed by atoms with Crippen molar-refractivity contribution < 1.29 is 5.11 Å². The first-order chi connectivity index (χ1) is 21.9. The van der Waals surface area contributed by atoms with Crippen molar-refractivity contribution in [2.45, 2.75) is 70.6 Å². The Morgan fingerprint density at radius 2 is 1.33 bits per heavy atom. The molecular weight excluding hydrogens is 623 g/mol. The van der Waals surface area contributed by atoms with Gasteiger partial charge in [0.15, 0.2) is 0 Å². The van der Waals surface area contributed by atoms with Gasteiger partial charge in [0.2, 0.25) is 0 Å². The molecule has 6 aromatic heterocycles. The number of fused-ring (bicyclic) bond motifs is 2. The van der Waals surface area contributed by atoms with E-state index in [4.69, 9.17) is 34.7 Å². The van der Waals surface area contributed by atoms with E-state index in [1.807, 2.05) is 12.3 Å². The molecule has 6 heterocycles. The Labute approximate surface area is 276 Å². The van der Waals surface area contributed by atoms with E-state index in [0.29, 0.717) is 56.8 Å². The molecule has 238 valence electrons. The van der Waals surface area contributed by atoms with E-state index in [9.17, 15) is 5.11 Å². The summed E-state index contributed by atoms with van der Waals surface area (Å²) in [5, 5.41) is 13.6. The second kappa shape index (κ2) is 13.2. The van der Waals surface area contributed by atoms with Gasteiger partial charge in [0.1, 0.15) is 41.7 Å². The topological polar surface area (TPSA) is 159 Å². The zero-order valence-corrected chi connectivity index (χ0v) is 25.9. The highest BCUT2D eigenvalue weighted by Crippen LogP contribution is 2.39. The van der Waals surface area contributed by atoms with E-state index < -0.39 is 6.10 Å². The van der Waals surface area contributed by atoms with Gasteiger partial charge in [0.05, 0.1) is 16.5 Å². The van der Waals surface area contributed by atoms with Crippen molar-refractivity contribution in [3.63, 3.8) is 0 Å². The molecule has 0 amide bonds. The number of nitrogens with two attached hydrogens (primary N) is 2. The van der Waals surface area contributed by atoms with E-state index in [2.05, 4.69) is 45.2 Å². The average molecular weight is 660 g/mol. The highest BCUT2D eigenvalue weighted by atomic mass is 35.5. The molecule has 2 fully saturated rings. The van der Waals surface area contributed by atoms with Crippen LogP contribution in [0.5, 0.6) is 0 Å². The van der Waals surface area contributed by atoms with Crippen LogP contribution in [-0.4, -0.2) is 44.1 Å². The lowest BCUT2D eigenvalue weighted by Gasteiger charge is -2.27. The number of nitrogens with zero attached hydrogens (tertiary/aromatic N) is 8. The normalized spacial score (nSPS) is 15.5. The fourth-order valence-corrected chi connectivity index (χ4v) is 6.37. The maximum absolute atomic E-state index is 10.8. The number of aromatic nitrogens is 8. The summed E-state index contributed by atoms with van der Waals surface area (Å²) in [4.78, 5) is 25.6. The van der Waals surface area contributed by atoms with Gasteiger partial charge < -0.3 is 25.7 Å². The van der Waals surface area contributed by atoms with Crippen LogP contribution < -0.4 is 11.5 Å². The van der Waals surface area contributed by atoms with Crippen LogP contribution >= 0.6 is 23.2 Å². The summed E-state index contributed by atoms with van der Waals surface area (Å²) in [5.74, 6) is 0.893. The highest BCUT2D eigenvalue weighted by molar-refractivity contribution is 6.30. The van der Waals surface area contributed by atoms with Crippen molar-refractivity contribution in [3.8, 4) is 0 Å². The molecule has 2 aliphatic rings. The predicted molar refractivity (Wildman–Crippen MR) is 182 cm³/mol. The minimum Gasteiger partial charge on any atom is -0.383 e. The summed E-state index contributed by atoms with van der Waals surface area (Å²) in [6.07, 6.45) is 17.2. The van der Waals surface area contributed by atoms with Gasteiger partial charge in [0, 0.05) is 64.6 Å². The zero-order chi connectivity index (χ0) is 31.1. The number of pyridine rings is 2.